The third-order valence-corrected chi connectivity index (χ3v) is 13.4. The minimum absolute atomic E-state index is 0.268. The number of anilines is 2. The maximum absolute atomic E-state index is 12.9. The molecule has 0 bridgehead atoms. The smallest absolute Gasteiger partial charge is 0.210 e. The van der Waals surface area contributed by atoms with Gasteiger partial charge >= 0.3 is 0 Å². The minimum Gasteiger partial charge on any atom is -0.744 e. The fraction of sp³-hybridized carbons (Fsp3) is 0.157. The highest BCUT2D eigenvalue weighted by Gasteiger charge is 2.25. The van der Waals surface area contributed by atoms with Crippen LogP contribution in [-0.2, 0) is 23.0 Å². The summed E-state index contributed by atoms with van der Waals surface area (Å²) in [6.45, 7) is 4.39. The largest absolute Gasteiger partial charge is 0.744 e. The van der Waals surface area contributed by atoms with Gasteiger partial charge in [0, 0.05) is 67.0 Å². The summed E-state index contributed by atoms with van der Waals surface area (Å²) in [5, 5.41) is 1.64. The fourth-order valence-electron chi connectivity index (χ4n) is 7.77. The first-order chi connectivity index (χ1) is 29.3. The first kappa shape index (κ1) is 41.2. The molecular formula is C51H46N2O4S3. The lowest BCUT2D eigenvalue weighted by Crippen LogP contribution is -2.26. The van der Waals surface area contributed by atoms with Gasteiger partial charge in [0.1, 0.15) is 21.5 Å². The number of hydrogen-bond acceptors (Lipinski definition) is 7. The molecule has 0 spiro atoms. The highest BCUT2D eigenvalue weighted by atomic mass is 32.2. The van der Waals surface area contributed by atoms with E-state index in [9.17, 15) is 13.0 Å². The zero-order valence-corrected chi connectivity index (χ0v) is 36.1. The van der Waals surface area contributed by atoms with Gasteiger partial charge < -0.3 is 13.9 Å². The summed E-state index contributed by atoms with van der Waals surface area (Å²) in [7, 11) is -4.82. The molecule has 2 aliphatic rings. The quantitative estimate of drug-likeness (QED) is 0.0334. The molecule has 0 aromatic heterocycles. The van der Waals surface area contributed by atoms with Crippen LogP contribution in [0.3, 0.4) is 0 Å². The van der Waals surface area contributed by atoms with E-state index in [0.29, 0.717) is 45.2 Å². The van der Waals surface area contributed by atoms with E-state index in [1.807, 2.05) is 36.4 Å². The van der Waals surface area contributed by atoms with Gasteiger partial charge in [-0.05, 0) is 73.0 Å². The maximum Gasteiger partial charge on any atom is 0.210 e. The van der Waals surface area contributed by atoms with Gasteiger partial charge in [0.05, 0.1) is 16.8 Å². The average Bonchev–Trinajstić information content (AvgIpc) is 3.27. The first-order valence-corrected chi connectivity index (χ1v) is 23.7. The molecule has 0 N–H and O–H groups in total. The molecule has 60 heavy (non-hydrogen) atoms. The summed E-state index contributed by atoms with van der Waals surface area (Å²) in [5.74, 6) is 1.86. The predicted octanol–water partition coefficient (Wildman–Crippen LogP) is 12.8. The zero-order valence-electron chi connectivity index (χ0n) is 33.7. The Balaban J connectivity index is 1.38. The molecule has 1 heterocycles. The third kappa shape index (κ3) is 9.10. The predicted molar refractivity (Wildman–Crippen MR) is 249 cm³/mol. The van der Waals surface area contributed by atoms with Gasteiger partial charge in [-0.25, -0.2) is 8.42 Å². The molecule has 0 saturated heterocycles. The van der Waals surface area contributed by atoms with Crippen molar-refractivity contribution in [3.8, 4) is 22.5 Å². The standard InChI is InChI=1S/C51H46N2O4S3/c1-3-17-37-19-11-14-26-46(37)52(35-58-41-21-7-5-8-22-41)39-29-31-43-48(33-39)57-49-34-40(30-32-44(49)51(43)45-25-13-16-28-50(45)60(54,55)56)53(36-59-42-23-9-6-10-24-42)47-27-15-12-20-38(47)18-4-2/h5-16,19-34H,3-4,17-18,35-36H2,1-2H3. The molecule has 6 aromatic carbocycles. The van der Waals surface area contributed by atoms with E-state index in [1.54, 1.807) is 41.7 Å². The van der Waals surface area contributed by atoms with E-state index in [4.69, 9.17) is 4.42 Å². The molecule has 9 heteroatoms. The van der Waals surface area contributed by atoms with E-state index >= 15 is 0 Å². The average molecular weight is 847 g/mol. The van der Waals surface area contributed by atoms with Crippen molar-refractivity contribution < 1.29 is 17.4 Å². The van der Waals surface area contributed by atoms with Crippen LogP contribution in [0.5, 0.6) is 0 Å². The van der Waals surface area contributed by atoms with Gasteiger partial charge in [-0.3, -0.25) is 0 Å². The molecule has 0 radical (unpaired) electrons. The SMILES string of the molecule is CCCc1ccccc1N(CSc1ccccc1)c1ccc2c(-c3ccccc3S(=O)(=O)[O-])c3cc/c(=[N+](/CSc4ccccc4)c4ccccc4CCC)cc-3oc2c1. The van der Waals surface area contributed by atoms with Crippen molar-refractivity contribution in [2.24, 2.45) is 0 Å². The van der Waals surface area contributed by atoms with Crippen LogP contribution in [-0.4, -0.2) is 24.7 Å². The fourth-order valence-corrected chi connectivity index (χ4v) is 10.3. The number of rotatable bonds is 15. The minimum atomic E-state index is -4.82. The van der Waals surface area contributed by atoms with E-state index in [2.05, 4.69) is 133 Å². The van der Waals surface area contributed by atoms with E-state index in [1.165, 1.54) is 17.2 Å². The lowest BCUT2D eigenvalue weighted by Gasteiger charge is -2.28. The van der Waals surface area contributed by atoms with Gasteiger partial charge in [-0.1, -0.05) is 129 Å². The molecule has 0 atom stereocenters. The number of thioether (sulfide) groups is 2. The van der Waals surface area contributed by atoms with Crippen LogP contribution in [0.25, 0.3) is 33.4 Å². The van der Waals surface area contributed by atoms with Crippen molar-refractivity contribution in [3.05, 3.63) is 186 Å². The highest BCUT2D eigenvalue weighted by Crippen LogP contribution is 2.44. The van der Waals surface area contributed by atoms with Crippen molar-refractivity contribution in [2.45, 2.75) is 54.2 Å². The van der Waals surface area contributed by atoms with Crippen molar-refractivity contribution in [2.75, 3.05) is 16.7 Å². The van der Waals surface area contributed by atoms with Crippen LogP contribution in [0, 0.1) is 0 Å². The molecule has 0 unspecified atom stereocenters. The molecule has 6 nitrogen and oxygen atoms in total. The molecule has 0 saturated carbocycles. The normalized spacial score (nSPS) is 12.2. The molecule has 302 valence electrons. The zero-order chi connectivity index (χ0) is 41.5. The van der Waals surface area contributed by atoms with E-state index in [-0.39, 0.29) is 4.90 Å². The molecule has 8 rings (SSSR count). The van der Waals surface area contributed by atoms with E-state index < -0.39 is 10.1 Å². The Bertz CT molecular complexity index is 2900. The maximum atomic E-state index is 12.9. The van der Waals surface area contributed by atoms with Crippen LogP contribution < -0.4 is 14.8 Å². The first-order valence-electron chi connectivity index (χ1n) is 20.3. The Morgan fingerprint density at radius 1 is 0.633 bits per heavy atom. The lowest BCUT2D eigenvalue weighted by molar-refractivity contribution is 0.463. The monoisotopic (exact) mass is 846 g/mol. The number of hydrogen-bond donors (Lipinski definition) is 0. The lowest BCUT2D eigenvalue weighted by atomic mass is 9.93. The molecule has 0 amide bonds. The Labute approximate surface area is 361 Å². The topological polar surface area (TPSA) is 76.6 Å². The molecule has 0 fully saturated rings. The molecular weight excluding hydrogens is 801 g/mol. The van der Waals surface area contributed by atoms with Crippen LogP contribution in [0.2, 0.25) is 0 Å². The second-order valence-electron chi connectivity index (χ2n) is 14.6. The summed E-state index contributed by atoms with van der Waals surface area (Å²) in [5.41, 5.74) is 7.92. The van der Waals surface area contributed by atoms with Gasteiger partial charge in [0.25, 0.3) is 0 Å². The number of fused-ring (bicyclic) bond motifs is 2. The summed E-state index contributed by atoms with van der Waals surface area (Å²) >= 11 is 3.51. The number of para-hydroxylation sites is 2. The third-order valence-electron chi connectivity index (χ3n) is 10.5. The van der Waals surface area contributed by atoms with Crippen LogP contribution in [0.4, 0.5) is 17.1 Å². The summed E-state index contributed by atoms with van der Waals surface area (Å²) in [6, 6.07) is 56.5. The molecule has 6 aromatic rings. The van der Waals surface area contributed by atoms with Crippen molar-refractivity contribution in [3.63, 3.8) is 0 Å². The summed E-state index contributed by atoms with van der Waals surface area (Å²) < 4.78 is 47.8. The Morgan fingerprint density at radius 2 is 1.27 bits per heavy atom. The Morgan fingerprint density at radius 3 is 2.00 bits per heavy atom. The molecule has 1 aliphatic carbocycles. The van der Waals surface area contributed by atoms with Gasteiger partial charge in [0.2, 0.25) is 11.0 Å². The van der Waals surface area contributed by atoms with Crippen LogP contribution >= 0.6 is 23.5 Å². The number of benzene rings is 7. The Hall–Kier alpha value is -5.58. The van der Waals surface area contributed by atoms with Crippen molar-refractivity contribution >= 4 is 61.7 Å². The summed E-state index contributed by atoms with van der Waals surface area (Å²) in [4.78, 5) is 4.37. The highest BCUT2D eigenvalue weighted by molar-refractivity contribution is 7.99. The van der Waals surface area contributed by atoms with Crippen LogP contribution in [0.15, 0.2) is 189 Å². The van der Waals surface area contributed by atoms with Crippen LogP contribution in [0.1, 0.15) is 37.8 Å². The van der Waals surface area contributed by atoms with Gasteiger partial charge in [0.15, 0.2) is 5.88 Å². The van der Waals surface area contributed by atoms with Crippen molar-refractivity contribution in [1.29, 1.82) is 0 Å². The number of nitrogens with zero attached hydrogens (tertiary/aromatic N) is 2. The summed E-state index contributed by atoms with van der Waals surface area (Å²) in [6.07, 6.45) is 3.87. The van der Waals surface area contributed by atoms with Gasteiger partial charge in [-0.15, -0.1) is 11.8 Å². The second kappa shape index (κ2) is 18.8. The molecule has 1 aliphatic heterocycles. The Kier molecular flexibility index (Phi) is 12.9. The van der Waals surface area contributed by atoms with Crippen molar-refractivity contribution in [1.82, 2.24) is 4.58 Å². The van der Waals surface area contributed by atoms with E-state index in [0.717, 1.165) is 57.9 Å². The number of aryl methyl sites for hydroxylation is 2. The van der Waals surface area contributed by atoms with Gasteiger partial charge in [-0.2, -0.15) is 4.58 Å². The second-order valence-corrected chi connectivity index (χ2v) is 18.0.